The third-order valence-electron chi connectivity index (χ3n) is 8.49. The summed E-state index contributed by atoms with van der Waals surface area (Å²) in [5.74, 6) is -1.57. The minimum Gasteiger partial charge on any atom is -0.481 e. The second kappa shape index (κ2) is 12.5. The van der Waals surface area contributed by atoms with E-state index in [9.17, 15) is 14.7 Å². The van der Waals surface area contributed by atoms with Crippen LogP contribution in [0.25, 0.3) is 10.9 Å². The van der Waals surface area contributed by atoms with Gasteiger partial charge in [0, 0.05) is 59.2 Å². The number of nitrogens with one attached hydrogen (secondary N) is 4. The molecule has 234 valence electrons. The molecular formula is C34H34F2N4O5. The summed E-state index contributed by atoms with van der Waals surface area (Å²) in [5, 5.41) is 19.4. The molecule has 9 nitrogen and oxygen atoms in total. The summed E-state index contributed by atoms with van der Waals surface area (Å²) < 4.78 is 42.3. The number of aliphatic carboxylic acids is 1. The van der Waals surface area contributed by atoms with Gasteiger partial charge >= 0.3 is 12.1 Å². The van der Waals surface area contributed by atoms with Gasteiger partial charge in [0.05, 0.1) is 12.0 Å². The smallest absolute Gasteiger partial charge is 0.407 e. The van der Waals surface area contributed by atoms with Gasteiger partial charge in [-0.25, -0.2) is 13.6 Å². The number of rotatable bonds is 4. The van der Waals surface area contributed by atoms with E-state index in [1.807, 2.05) is 37.3 Å². The molecule has 2 aliphatic heterocycles. The van der Waals surface area contributed by atoms with E-state index in [0.29, 0.717) is 42.5 Å². The molecule has 4 bridgehead atoms. The third-order valence-corrected chi connectivity index (χ3v) is 8.49. The Labute approximate surface area is 258 Å². The number of aromatic nitrogens is 1. The number of aryl methyl sites for hydroxylation is 2. The fourth-order valence-electron chi connectivity index (χ4n) is 5.94. The van der Waals surface area contributed by atoms with Gasteiger partial charge in [0.2, 0.25) is 0 Å². The summed E-state index contributed by atoms with van der Waals surface area (Å²) in [6.07, 6.45) is 4.13. The van der Waals surface area contributed by atoms with E-state index in [4.69, 9.17) is 9.47 Å². The number of hydrogen-bond acceptors (Lipinski definition) is 6. The summed E-state index contributed by atoms with van der Waals surface area (Å²) in [4.78, 5) is 27.0. The minimum absolute atomic E-state index is 0.0164. The van der Waals surface area contributed by atoms with E-state index in [1.54, 1.807) is 18.5 Å². The van der Waals surface area contributed by atoms with Crippen LogP contribution in [0.5, 0.6) is 11.5 Å². The molecule has 2 unspecified atom stereocenters. The predicted molar refractivity (Wildman–Crippen MR) is 164 cm³/mol. The normalized spacial score (nSPS) is 20.3. The highest BCUT2D eigenvalue weighted by Gasteiger charge is 2.37. The number of carboxylic acids is 1. The van der Waals surface area contributed by atoms with Crippen molar-refractivity contribution in [3.63, 3.8) is 0 Å². The number of carboxylic acid groups (broad SMARTS) is 1. The van der Waals surface area contributed by atoms with Crippen LogP contribution in [-0.4, -0.2) is 35.3 Å². The Morgan fingerprint density at radius 1 is 1.09 bits per heavy atom. The molecule has 0 aliphatic carbocycles. The van der Waals surface area contributed by atoms with Crippen molar-refractivity contribution in [3.05, 3.63) is 107 Å². The van der Waals surface area contributed by atoms with Crippen LogP contribution in [0.4, 0.5) is 13.6 Å². The van der Waals surface area contributed by atoms with Crippen molar-refractivity contribution >= 4 is 23.0 Å². The number of H-pyrrole nitrogens is 1. The molecule has 11 heteroatoms. The van der Waals surface area contributed by atoms with Gasteiger partial charge in [-0.3, -0.25) is 4.79 Å². The lowest BCUT2D eigenvalue weighted by Gasteiger charge is -2.33. The first-order valence-electron chi connectivity index (χ1n) is 14.9. The predicted octanol–water partition coefficient (Wildman–Crippen LogP) is 6.31. The fraction of sp³-hybridized carbons (Fsp3) is 0.294. The molecule has 4 aromatic rings. The van der Waals surface area contributed by atoms with Crippen LogP contribution in [0.2, 0.25) is 0 Å². The SMILES string of the molecule is CC1(c2cccc(CCC(=O)O)c2)CNC(=O)OCCCCc2c(c(F)cc3[nH]ccc23)Oc2ccc(F)c(c2)C2NC=C1N2. The Morgan fingerprint density at radius 2 is 1.96 bits per heavy atom. The molecular weight excluding hydrogens is 582 g/mol. The van der Waals surface area contributed by atoms with E-state index < -0.39 is 35.3 Å². The van der Waals surface area contributed by atoms with Gasteiger partial charge in [-0.1, -0.05) is 24.3 Å². The van der Waals surface area contributed by atoms with Crippen LogP contribution >= 0.6 is 0 Å². The maximum atomic E-state index is 15.4. The van der Waals surface area contributed by atoms with Crippen molar-refractivity contribution in [2.75, 3.05) is 13.2 Å². The molecule has 0 saturated carbocycles. The Balaban J connectivity index is 1.36. The van der Waals surface area contributed by atoms with Crippen LogP contribution in [0.1, 0.15) is 54.6 Å². The molecule has 5 N–H and O–H groups in total. The van der Waals surface area contributed by atoms with Crippen molar-refractivity contribution in [2.24, 2.45) is 0 Å². The number of cyclic esters (lactones) is 1. The largest absolute Gasteiger partial charge is 0.481 e. The van der Waals surface area contributed by atoms with Crippen molar-refractivity contribution in [1.82, 2.24) is 20.9 Å². The Kier molecular flexibility index (Phi) is 8.34. The fourth-order valence-corrected chi connectivity index (χ4v) is 5.94. The minimum atomic E-state index is -0.892. The summed E-state index contributed by atoms with van der Waals surface area (Å²) in [6.45, 7) is 2.24. The zero-order chi connectivity index (χ0) is 31.6. The second-order valence-corrected chi connectivity index (χ2v) is 11.6. The number of fused-ring (bicyclic) bond motifs is 8. The number of carbonyl (C=O) groups is 2. The first-order chi connectivity index (χ1) is 21.7. The van der Waals surface area contributed by atoms with Crippen LogP contribution < -0.4 is 20.7 Å². The van der Waals surface area contributed by atoms with Gasteiger partial charge in [0.25, 0.3) is 0 Å². The Morgan fingerprint density at radius 3 is 2.80 bits per heavy atom. The highest BCUT2D eigenvalue weighted by molar-refractivity contribution is 5.85. The molecule has 0 radical (unpaired) electrons. The molecule has 3 heterocycles. The third kappa shape index (κ3) is 6.29. The molecule has 0 fully saturated rings. The van der Waals surface area contributed by atoms with Crippen LogP contribution in [0.15, 0.2) is 72.7 Å². The van der Waals surface area contributed by atoms with Gasteiger partial charge in [-0.05, 0) is 68.0 Å². The standard InChI is InChI=1S/C34H34F2N4O5/c1-34(21-6-4-5-20(15-21)8-11-30(41)42)19-39-33(43)44-14-3-2-7-24-23-12-13-37-28(23)17-27(36)31(24)45-22-9-10-26(35)25(16-22)32-38-18-29(34)40-32/h4-6,9-10,12-13,15-18,32,37-38,40H,2-3,7-8,11,14,19H2,1H3,(H,39,43)(H,41,42). The van der Waals surface area contributed by atoms with Crippen LogP contribution in [-0.2, 0) is 27.8 Å². The van der Waals surface area contributed by atoms with E-state index in [-0.39, 0.29) is 36.6 Å². The lowest BCUT2D eigenvalue weighted by Crippen LogP contribution is -2.43. The molecule has 2 aliphatic rings. The zero-order valence-corrected chi connectivity index (χ0v) is 24.7. The van der Waals surface area contributed by atoms with Crippen LogP contribution in [0.3, 0.4) is 0 Å². The molecule has 3 aromatic carbocycles. The number of amides is 1. The summed E-state index contributed by atoms with van der Waals surface area (Å²) in [6, 6.07) is 15.1. The average Bonchev–Trinajstić information content (AvgIpc) is 3.71. The number of hydrogen-bond donors (Lipinski definition) is 5. The Bertz CT molecular complexity index is 1790. The molecule has 45 heavy (non-hydrogen) atoms. The highest BCUT2D eigenvalue weighted by atomic mass is 19.1. The van der Waals surface area contributed by atoms with Crippen molar-refractivity contribution in [2.45, 2.75) is 50.6 Å². The van der Waals surface area contributed by atoms with Crippen molar-refractivity contribution in [3.8, 4) is 11.5 Å². The average molecular weight is 617 g/mol. The number of halogens is 2. The first kappa shape index (κ1) is 30.0. The quantitative estimate of drug-likeness (QED) is 0.182. The van der Waals surface area contributed by atoms with Gasteiger partial charge in [0.15, 0.2) is 11.6 Å². The summed E-state index contributed by atoms with van der Waals surface area (Å²) >= 11 is 0. The van der Waals surface area contributed by atoms with Gasteiger partial charge in [0.1, 0.15) is 17.7 Å². The molecule has 1 amide bonds. The maximum Gasteiger partial charge on any atom is 0.407 e. The highest BCUT2D eigenvalue weighted by Crippen LogP contribution is 2.38. The number of aromatic amines is 1. The summed E-state index contributed by atoms with van der Waals surface area (Å²) in [5.41, 5.74) is 3.06. The number of benzene rings is 3. The monoisotopic (exact) mass is 616 g/mol. The first-order valence-corrected chi connectivity index (χ1v) is 14.9. The lowest BCUT2D eigenvalue weighted by atomic mass is 9.78. The van der Waals surface area contributed by atoms with Gasteiger partial charge in [-0.2, -0.15) is 0 Å². The van der Waals surface area contributed by atoms with E-state index in [0.717, 1.165) is 16.5 Å². The molecule has 1 aromatic heterocycles. The topological polar surface area (TPSA) is 125 Å². The zero-order valence-electron chi connectivity index (χ0n) is 24.7. The van der Waals surface area contributed by atoms with E-state index in [2.05, 4.69) is 20.9 Å². The van der Waals surface area contributed by atoms with E-state index in [1.165, 1.54) is 18.2 Å². The van der Waals surface area contributed by atoms with Crippen molar-refractivity contribution in [1.29, 1.82) is 0 Å². The van der Waals surface area contributed by atoms with Crippen LogP contribution in [0, 0.1) is 11.6 Å². The number of ether oxygens (including phenoxy) is 2. The van der Waals surface area contributed by atoms with Gasteiger partial charge in [-0.15, -0.1) is 0 Å². The van der Waals surface area contributed by atoms with Gasteiger partial charge < -0.3 is 35.5 Å². The Hall–Kier alpha value is -5.06. The maximum absolute atomic E-state index is 15.4. The van der Waals surface area contributed by atoms with E-state index >= 15 is 8.78 Å². The lowest BCUT2D eigenvalue weighted by molar-refractivity contribution is -0.136. The second-order valence-electron chi connectivity index (χ2n) is 11.6. The molecule has 2 atom stereocenters. The molecule has 0 saturated heterocycles. The van der Waals surface area contributed by atoms with Crippen molar-refractivity contribution < 1.29 is 33.0 Å². The number of alkyl carbamates (subject to hydrolysis) is 1. The molecule has 0 spiro atoms. The molecule has 6 rings (SSSR count). The number of carbonyl (C=O) groups excluding carboxylic acids is 1. The summed E-state index contributed by atoms with van der Waals surface area (Å²) in [7, 11) is 0.